The van der Waals surface area contributed by atoms with Gasteiger partial charge in [0.05, 0.1) is 0 Å². The molecule has 0 fully saturated rings. The van der Waals surface area contributed by atoms with E-state index in [4.69, 9.17) is 16.7 Å². The average Bonchev–Trinajstić information content (AvgIpc) is 2.26. The largest absolute Gasteiger partial charge is 0.409 e. The summed E-state index contributed by atoms with van der Waals surface area (Å²) < 4.78 is 0. The first kappa shape index (κ1) is 14.2. The molecule has 92 valence electrons. The van der Waals surface area contributed by atoms with Crippen LogP contribution in [0.5, 0.6) is 0 Å². The van der Waals surface area contributed by atoms with Crippen LogP contribution < -0.4 is 16.8 Å². The SMILES string of the molecule is CCC(C)(C(=O)NCCC(N)=O)C(N)=NO. The molecule has 16 heavy (non-hydrogen) atoms. The summed E-state index contributed by atoms with van der Waals surface area (Å²) in [5.74, 6) is -1.06. The Morgan fingerprint density at radius 2 is 2.00 bits per heavy atom. The van der Waals surface area contributed by atoms with E-state index in [1.165, 1.54) is 0 Å². The molecular formula is C9H18N4O3. The Labute approximate surface area is 93.9 Å². The van der Waals surface area contributed by atoms with Gasteiger partial charge in [0.15, 0.2) is 5.84 Å². The first-order valence-electron chi connectivity index (χ1n) is 4.93. The van der Waals surface area contributed by atoms with Crippen molar-refractivity contribution in [3.63, 3.8) is 0 Å². The molecule has 7 nitrogen and oxygen atoms in total. The Kier molecular flexibility index (Phi) is 5.27. The van der Waals surface area contributed by atoms with Gasteiger partial charge in [-0.1, -0.05) is 12.1 Å². The monoisotopic (exact) mass is 230 g/mol. The highest BCUT2D eigenvalue weighted by atomic mass is 16.4. The van der Waals surface area contributed by atoms with Crippen LogP contribution in [0.25, 0.3) is 0 Å². The molecule has 6 N–H and O–H groups in total. The lowest BCUT2D eigenvalue weighted by Crippen LogP contribution is -2.48. The number of carbonyl (C=O) groups excluding carboxylic acids is 2. The van der Waals surface area contributed by atoms with Crippen molar-refractivity contribution in [3.8, 4) is 0 Å². The van der Waals surface area contributed by atoms with Gasteiger partial charge in [0.2, 0.25) is 11.8 Å². The number of carbonyl (C=O) groups is 2. The van der Waals surface area contributed by atoms with E-state index in [-0.39, 0.29) is 18.8 Å². The minimum Gasteiger partial charge on any atom is -0.409 e. The number of rotatable bonds is 6. The molecule has 0 aromatic rings. The summed E-state index contributed by atoms with van der Waals surface area (Å²) in [5.41, 5.74) is 9.29. The van der Waals surface area contributed by atoms with Crippen LogP contribution in [0.3, 0.4) is 0 Å². The lowest BCUT2D eigenvalue weighted by Gasteiger charge is -2.25. The standard InChI is InChI=1S/C9H18N4O3/c1-3-9(2,7(11)13-16)8(15)12-5-4-6(10)14/h16H,3-5H2,1-2H3,(H2,10,14)(H2,11,13)(H,12,15). The number of nitrogens with zero attached hydrogens (tertiary/aromatic N) is 1. The van der Waals surface area contributed by atoms with Crippen LogP contribution in [0.2, 0.25) is 0 Å². The smallest absolute Gasteiger partial charge is 0.233 e. The maximum atomic E-state index is 11.7. The lowest BCUT2D eigenvalue weighted by molar-refractivity contribution is -0.127. The minimum atomic E-state index is -1.08. The van der Waals surface area contributed by atoms with Crippen LogP contribution in [-0.4, -0.2) is 29.4 Å². The molecule has 2 amide bonds. The van der Waals surface area contributed by atoms with Crippen molar-refractivity contribution in [1.29, 1.82) is 0 Å². The van der Waals surface area contributed by atoms with Crippen molar-refractivity contribution in [1.82, 2.24) is 5.32 Å². The Hall–Kier alpha value is -1.79. The van der Waals surface area contributed by atoms with Crippen molar-refractivity contribution >= 4 is 17.6 Å². The van der Waals surface area contributed by atoms with Crippen LogP contribution in [0.15, 0.2) is 5.16 Å². The highest BCUT2D eigenvalue weighted by molar-refractivity contribution is 6.06. The highest BCUT2D eigenvalue weighted by Crippen LogP contribution is 2.21. The van der Waals surface area contributed by atoms with Gasteiger partial charge in [-0.3, -0.25) is 9.59 Å². The molecule has 0 spiro atoms. The first-order chi connectivity index (χ1) is 7.38. The second-order valence-electron chi connectivity index (χ2n) is 3.64. The predicted octanol–water partition coefficient (Wildman–Crippen LogP) is -0.859. The second kappa shape index (κ2) is 5.94. The van der Waals surface area contributed by atoms with Gasteiger partial charge in [-0.25, -0.2) is 0 Å². The Morgan fingerprint density at radius 3 is 2.38 bits per heavy atom. The Bertz CT molecular complexity index is 303. The second-order valence-corrected chi connectivity index (χ2v) is 3.64. The quantitative estimate of drug-likeness (QED) is 0.204. The molecule has 1 unspecified atom stereocenters. The van der Waals surface area contributed by atoms with Crippen LogP contribution in [0.4, 0.5) is 0 Å². The summed E-state index contributed by atoms with van der Waals surface area (Å²) in [6, 6.07) is 0. The Balaban J connectivity index is 4.48. The number of nitrogens with one attached hydrogen (secondary N) is 1. The number of amides is 2. The molecule has 0 rings (SSSR count). The molecule has 0 aliphatic heterocycles. The normalized spacial score (nSPS) is 15.2. The van der Waals surface area contributed by atoms with Crippen molar-refractivity contribution < 1.29 is 14.8 Å². The van der Waals surface area contributed by atoms with Gasteiger partial charge in [-0.2, -0.15) is 0 Å². The van der Waals surface area contributed by atoms with Crippen molar-refractivity contribution in [2.24, 2.45) is 22.0 Å². The predicted molar refractivity (Wildman–Crippen MR) is 58.6 cm³/mol. The summed E-state index contributed by atoms with van der Waals surface area (Å²) >= 11 is 0. The summed E-state index contributed by atoms with van der Waals surface area (Å²) in [7, 11) is 0. The van der Waals surface area contributed by atoms with Gasteiger partial charge in [-0.15, -0.1) is 0 Å². The van der Waals surface area contributed by atoms with E-state index in [1.54, 1.807) is 13.8 Å². The summed E-state index contributed by atoms with van der Waals surface area (Å²) in [6.45, 7) is 3.44. The third-order valence-corrected chi connectivity index (χ3v) is 2.54. The molecule has 0 saturated heterocycles. The van der Waals surface area contributed by atoms with Crippen LogP contribution in [-0.2, 0) is 9.59 Å². The molecule has 0 bridgehead atoms. The van der Waals surface area contributed by atoms with Gasteiger partial charge < -0.3 is 22.0 Å². The third kappa shape index (κ3) is 3.41. The summed E-state index contributed by atoms with van der Waals surface area (Å²) in [5, 5.41) is 13.9. The third-order valence-electron chi connectivity index (χ3n) is 2.54. The summed E-state index contributed by atoms with van der Waals surface area (Å²) in [4.78, 5) is 22.2. The molecule has 0 aliphatic carbocycles. The van der Waals surface area contributed by atoms with Crippen molar-refractivity contribution in [2.75, 3.05) is 6.54 Å². The zero-order valence-electron chi connectivity index (χ0n) is 9.49. The topological polar surface area (TPSA) is 131 Å². The van der Waals surface area contributed by atoms with E-state index in [0.29, 0.717) is 6.42 Å². The van der Waals surface area contributed by atoms with E-state index in [0.717, 1.165) is 0 Å². The summed E-state index contributed by atoms with van der Waals surface area (Å²) in [6.07, 6.45) is 0.438. The molecule has 0 aliphatic rings. The van der Waals surface area contributed by atoms with E-state index in [9.17, 15) is 9.59 Å². The molecule has 0 aromatic heterocycles. The van der Waals surface area contributed by atoms with E-state index < -0.39 is 17.2 Å². The minimum absolute atomic E-state index is 0.0572. The number of hydrogen-bond donors (Lipinski definition) is 4. The van der Waals surface area contributed by atoms with E-state index in [1.807, 2.05) is 0 Å². The fraction of sp³-hybridized carbons (Fsp3) is 0.667. The molecule has 0 heterocycles. The van der Waals surface area contributed by atoms with E-state index >= 15 is 0 Å². The zero-order valence-corrected chi connectivity index (χ0v) is 9.49. The number of primary amides is 1. The van der Waals surface area contributed by atoms with Gasteiger partial charge in [0.25, 0.3) is 0 Å². The molecule has 1 atom stereocenters. The number of amidine groups is 1. The van der Waals surface area contributed by atoms with Crippen molar-refractivity contribution in [3.05, 3.63) is 0 Å². The average molecular weight is 230 g/mol. The van der Waals surface area contributed by atoms with Gasteiger partial charge in [0.1, 0.15) is 5.41 Å². The number of oxime groups is 1. The zero-order chi connectivity index (χ0) is 12.8. The van der Waals surface area contributed by atoms with Crippen LogP contribution >= 0.6 is 0 Å². The van der Waals surface area contributed by atoms with Crippen molar-refractivity contribution in [2.45, 2.75) is 26.7 Å². The number of hydrogen-bond acceptors (Lipinski definition) is 4. The fourth-order valence-corrected chi connectivity index (χ4v) is 1.06. The fourth-order valence-electron chi connectivity index (χ4n) is 1.06. The first-order valence-corrected chi connectivity index (χ1v) is 4.93. The molecular weight excluding hydrogens is 212 g/mol. The molecule has 0 radical (unpaired) electrons. The molecule has 7 heteroatoms. The van der Waals surface area contributed by atoms with Gasteiger partial charge in [-0.05, 0) is 13.3 Å². The maximum absolute atomic E-state index is 11.7. The number of nitrogens with two attached hydrogens (primary N) is 2. The van der Waals surface area contributed by atoms with Gasteiger partial charge in [0, 0.05) is 13.0 Å². The molecule has 0 saturated carbocycles. The van der Waals surface area contributed by atoms with Gasteiger partial charge >= 0.3 is 0 Å². The lowest BCUT2D eigenvalue weighted by atomic mass is 9.85. The van der Waals surface area contributed by atoms with E-state index in [2.05, 4.69) is 10.5 Å². The van der Waals surface area contributed by atoms with Crippen LogP contribution in [0.1, 0.15) is 26.7 Å². The van der Waals surface area contributed by atoms with Crippen LogP contribution in [0, 0.1) is 5.41 Å². The Morgan fingerprint density at radius 1 is 1.44 bits per heavy atom. The molecule has 0 aromatic carbocycles. The maximum Gasteiger partial charge on any atom is 0.233 e. The highest BCUT2D eigenvalue weighted by Gasteiger charge is 2.36.